The summed E-state index contributed by atoms with van der Waals surface area (Å²) in [4.78, 5) is 4.50. The number of hydrogen-bond donors (Lipinski definition) is 0. The molecule has 24 heavy (non-hydrogen) atoms. The van der Waals surface area contributed by atoms with Crippen molar-refractivity contribution < 1.29 is 4.74 Å². The Hall–Kier alpha value is -2.54. The molecule has 0 aliphatic carbocycles. The highest BCUT2D eigenvalue weighted by Gasteiger charge is 2.16. The van der Waals surface area contributed by atoms with Gasteiger partial charge in [0, 0.05) is 16.6 Å². The second-order valence-electron chi connectivity index (χ2n) is 5.12. The number of benzene rings is 2. The van der Waals surface area contributed by atoms with Gasteiger partial charge in [-0.05, 0) is 25.1 Å². The Balaban J connectivity index is 2.17. The highest BCUT2D eigenvalue weighted by Crippen LogP contribution is 2.39. The van der Waals surface area contributed by atoms with E-state index in [0.29, 0.717) is 27.1 Å². The highest BCUT2D eigenvalue weighted by atomic mass is 35.5. The van der Waals surface area contributed by atoms with Crippen molar-refractivity contribution in [3.8, 4) is 11.8 Å². The Bertz CT molecular complexity index is 976. The number of rotatable bonds is 3. The third-order valence-electron chi connectivity index (χ3n) is 3.44. The predicted molar refractivity (Wildman–Crippen MR) is 97.2 cm³/mol. The van der Waals surface area contributed by atoms with Gasteiger partial charge in [-0.25, -0.2) is 4.98 Å². The van der Waals surface area contributed by atoms with Gasteiger partial charge in [-0.15, -0.1) is 0 Å². The summed E-state index contributed by atoms with van der Waals surface area (Å²) >= 11 is 12.6. The van der Waals surface area contributed by atoms with E-state index in [1.807, 2.05) is 55.5 Å². The van der Waals surface area contributed by atoms with Gasteiger partial charge in [-0.1, -0.05) is 53.5 Å². The zero-order valence-corrected chi connectivity index (χ0v) is 14.3. The quantitative estimate of drug-likeness (QED) is 0.441. The lowest BCUT2D eigenvalue weighted by molar-refractivity contribution is 0.520. The van der Waals surface area contributed by atoms with Gasteiger partial charge < -0.3 is 4.74 Å². The maximum Gasteiger partial charge on any atom is 0.172 e. The molecule has 2 aromatic carbocycles. The molecular formula is C19H12Cl2N2O. The first kappa shape index (κ1) is 16.3. The first-order chi connectivity index (χ1) is 11.6. The van der Waals surface area contributed by atoms with Crippen LogP contribution in [0.15, 0.2) is 54.6 Å². The third kappa shape index (κ3) is 3.21. The van der Waals surface area contributed by atoms with E-state index in [9.17, 15) is 0 Å². The number of aromatic nitrogens is 1. The monoisotopic (exact) mass is 354 g/mol. The van der Waals surface area contributed by atoms with E-state index in [-0.39, 0.29) is 0 Å². The molecule has 3 nitrogen and oxygen atoms in total. The lowest BCUT2D eigenvalue weighted by Gasteiger charge is -2.14. The van der Waals surface area contributed by atoms with E-state index >= 15 is 0 Å². The van der Waals surface area contributed by atoms with Crippen LogP contribution in [0.3, 0.4) is 0 Å². The van der Waals surface area contributed by atoms with Crippen LogP contribution in [-0.2, 0) is 0 Å². The minimum absolute atomic E-state index is 0.338. The lowest BCUT2D eigenvalue weighted by Crippen LogP contribution is -1.98. The summed E-state index contributed by atoms with van der Waals surface area (Å²) in [6, 6.07) is 16.7. The second kappa shape index (κ2) is 6.92. The molecule has 118 valence electrons. The van der Waals surface area contributed by atoms with Crippen molar-refractivity contribution in [3.05, 3.63) is 75.9 Å². The van der Waals surface area contributed by atoms with Crippen molar-refractivity contribution in [2.75, 3.05) is 0 Å². The van der Waals surface area contributed by atoms with Crippen molar-refractivity contribution in [2.24, 2.45) is 0 Å². The maximum atomic E-state index is 9.07. The molecule has 3 aromatic rings. The summed E-state index contributed by atoms with van der Waals surface area (Å²) < 4.78 is 5.98. The summed E-state index contributed by atoms with van der Waals surface area (Å²) in [5.41, 5.74) is 2.15. The van der Waals surface area contributed by atoms with Crippen LogP contribution < -0.4 is 4.74 Å². The molecule has 0 atom stereocenters. The Morgan fingerprint density at radius 3 is 2.58 bits per heavy atom. The second-order valence-corrected chi connectivity index (χ2v) is 5.94. The van der Waals surface area contributed by atoms with Crippen molar-refractivity contribution in [1.82, 2.24) is 4.98 Å². The van der Waals surface area contributed by atoms with Crippen LogP contribution in [0.4, 0.5) is 0 Å². The largest absolute Gasteiger partial charge is 0.452 e. The van der Waals surface area contributed by atoms with E-state index < -0.39 is 0 Å². The van der Waals surface area contributed by atoms with Crippen LogP contribution in [0.5, 0.6) is 5.75 Å². The molecule has 5 heteroatoms. The molecular weight excluding hydrogens is 343 g/mol. The molecule has 0 aliphatic rings. The average Bonchev–Trinajstić information content (AvgIpc) is 2.58. The Morgan fingerprint density at radius 1 is 1.12 bits per heavy atom. The number of nitrogens with zero attached hydrogens (tertiary/aromatic N) is 2. The van der Waals surface area contributed by atoms with E-state index in [1.54, 1.807) is 6.07 Å². The zero-order chi connectivity index (χ0) is 17.1. The van der Waals surface area contributed by atoms with Crippen LogP contribution in [-0.4, -0.2) is 4.98 Å². The maximum absolute atomic E-state index is 9.07. The molecule has 0 unspecified atom stereocenters. The Morgan fingerprint density at radius 2 is 1.88 bits per heavy atom. The molecule has 1 heterocycles. The summed E-state index contributed by atoms with van der Waals surface area (Å²) in [5, 5.41) is 10.7. The van der Waals surface area contributed by atoms with Crippen LogP contribution in [0.25, 0.3) is 16.7 Å². The molecule has 0 N–H and O–H groups in total. The molecule has 0 radical (unpaired) electrons. The normalized spacial score (nSPS) is 11.3. The molecule has 0 aliphatic heterocycles. The third-order valence-corrected chi connectivity index (χ3v) is 4.04. The minimum Gasteiger partial charge on any atom is -0.452 e. The molecule has 0 saturated carbocycles. The molecule has 0 spiro atoms. The van der Waals surface area contributed by atoms with Gasteiger partial charge >= 0.3 is 0 Å². The molecule has 0 saturated heterocycles. The first-order valence-corrected chi connectivity index (χ1v) is 7.94. The number of halogens is 2. The van der Waals surface area contributed by atoms with E-state index in [0.717, 1.165) is 16.6 Å². The number of aryl methyl sites for hydroxylation is 1. The first-order valence-electron chi connectivity index (χ1n) is 7.18. The SMILES string of the molecule is Cc1ccc2c(Cl)cc(Cl)c(O/C(=C/C#N)c3ccccc3)c2n1. The van der Waals surface area contributed by atoms with Crippen molar-refractivity contribution in [3.63, 3.8) is 0 Å². The van der Waals surface area contributed by atoms with Crippen LogP contribution in [0.1, 0.15) is 11.3 Å². The zero-order valence-electron chi connectivity index (χ0n) is 12.8. The fraction of sp³-hybridized carbons (Fsp3) is 0.0526. The summed E-state index contributed by atoms with van der Waals surface area (Å²) in [6.07, 6.45) is 1.34. The average molecular weight is 355 g/mol. The van der Waals surface area contributed by atoms with E-state index in [2.05, 4.69) is 4.98 Å². The van der Waals surface area contributed by atoms with Gasteiger partial charge in [0.1, 0.15) is 11.3 Å². The van der Waals surface area contributed by atoms with Crippen molar-refractivity contribution in [2.45, 2.75) is 6.92 Å². The number of nitriles is 1. The van der Waals surface area contributed by atoms with Crippen LogP contribution in [0.2, 0.25) is 10.0 Å². The standard InChI is InChI=1S/C19H12Cl2N2O/c1-12-7-8-14-15(20)11-16(21)19(18(14)23-12)24-17(9-10-22)13-5-3-2-4-6-13/h2-9,11H,1H3/b17-9+. The number of hydrogen-bond acceptors (Lipinski definition) is 3. The molecule has 3 rings (SSSR count). The number of pyridine rings is 1. The van der Waals surface area contributed by atoms with Gasteiger partial charge in [0.25, 0.3) is 0 Å². The molecule has 0 amide bonds. The number of allylic oxidation sites excluding steroid dienone is 1. The topological polar surface area (TPSA) is 45.9 Å². The lowest BCUT2D eigenvalue weighted by atomic mass is 10.1. The van der Waals surface area contributed by atoms with E-state index in [4.69, 9.17) is 33.2 Å². The van der Waals surface area contributed by atoms with Gasteiger partial charge in [-0.2, -0.15) is 5.26 Å². The fourth-order valence-electron chi connectivity index (χ4n) is 2.33. The van der Waals surface area contributed by atoms with Crippen LogP contribution >= 0.6 is 23.2 Å². The Labute approximate surface area is 149 Å². The van der Waals surface area contributed by atoms with Crippen molar-refractivity contribution >= 4 is 39.9 Å². The fourth-order valence-corrected chi connectivity index (χ4v) is 2.88. The number of ether oxygens (including phenoxy) is 1. The van der Waals surface area contributed by atoms with E-state index in [1.165, 1.54) is 6.08 Å². The predicted octanol–water partition coefficient (Wildman–Crippen LogP) is 5.79. The summed E-state index contributed by atoms with van der Waals surface area (Å²) in [5.74, 6) is 0.775. The van der Waals surface area contributed by atoms with Gasteiger partial charge in [-0.3, -0.25) is 0 Å². The Kier molecular flexibility index (Phi) is 4.71. The minimum atomic E-state index is 0.338. The highest BCUT2D eigenvalue weighted by molar-refractivity contribution is 6.39. The van der Waals surface area contributed by atoms with Gasteiger partial charge in [0.05, 0.1) is 22.2 Å². The summed E-state index contributed by atoms with van der Waals surface area (Å²) in [7, 11) is 0. The molecule has 1 aromatic heterocycles. The molecule has 0 fully saturated rings. The van der Waals surface area contributed by atoms with Gasteiger partial charge in [0.2, 0.25) is 0 Å². The summed E-state index contributed by atoms with van der Waals surface area (Å²) in [6.45, 7) is 1.88. The van der Waals surface area contributed by atoms with Crippen LogP contribution in [0, 0.1) is 18.3 Å². The molecule has 0 bridgehead atoms. The van der Waals surface area contributed by atoms with Gasteiger partial charge in [0.15, 0.2) is 5.75 Å². The smallest absolute Gasteiger partial charge is 0.172 e. The van der Waals surface area contributed by atoms with Crippen molar-refractivity contribution in [1.29, 1.82) is 5.26 Å². The number of fused-ring (bicyclic) bond motifs is 1.